The molecule has 0 fully saturated rings. The molecule has 60 valence electrons. The summed E-state index contributed by atoms with van der Waals surface area (Å²) in [5, 5.41) is 0. The number of unbranched alkanes of at least 4 members (excludes halogenated alkanes) is 1. The first-order chi connectivity index (χ1) is 5.33. The van der Waals surface area contributed by atoms with Crippen LogP contribution >= 0.6 is 0 Å². The summed E-state index contributed by atoms with van der Waals surface area (Å²) in [7, 11) is 0. The molecular weight excluding hydrogens is 136 g/mol. The van der Waals surface area contributed by atoms with E-state index in [0.29, 0.717) is 0 Å². The van der Waals surface area contributed by atoms with Crippen LogP contribution in [0.4, 0.5) is 0 Å². The fourth-order valence-corrected chi connectivity index (χ4v) is 0.994. The van der Waals surface area contributed by atoms with Crippen molar-refractivity contribution in [2.45, 2.75) is 33.1 Å². The Labute approximate surface area is 67.7 Å². The van der Waals surface area contributed by atoms with Gasteiger partial charge >= 0.3 is 0 Å². The van der Waals surface area contributed by atoms with Crippen LogP contribution in [-0.2, 0) is 6.42 Å². The van der Waals surface area contributed by atoms with E-state index in [1.54, 1.807) is 6.20 Å². The second-order valence-corrected chi connectivity index (χ2v) is 2.76. The quantitative estimate of drug-likeness (QED) is 0.659. The number of rotatable bonds is 3. The molecule has 1 aromatic heterocycles. The van der Waals surface area contributed by atoms with Crippen molar-refractivity contribution in [1.29, 1.82) is 0 Å². The maximum Gasteiger partial charge on any atom is 0.0589 e. The number of hydrogen-bond acceptors (Lipinski definition) is 2. The van der Waals surface area contributed by atoms with Gasteiger partial charge in [-0.3, -0.25) is 9.97 Å². The lowest BCUT2D eigenvalue weighted by Crippen LogP contribution is -1.93. The Morgan fingerprint density at radius 3 is 2.82 bits per heavy atom. The molecule has 2 heteroatoms. The lowest BCUT2D eigenvalue weighted by atomic mass is 10.2. The average Bonchev–Trinajstić information content (AvgIpc) is 2.01. The molecule has 0 unspecified atom stereocenters. The van der Waals surface area contributed by atoms with E-state index < -0.39 is 0 Å². The Kier molecular flexibility index (Phi) is 3.02. The number of nitrogens with zero attached hydrogens (tertiary/aromatic N) is 2. The summed E-state index contributed by atoms with van der Waals surface area (Å²) in [6.07, 6.45) is 7.12. The molecule has 0 atom stereocenters. The van der Waals surface area contributed by atoms with Gasteiger partial charge in [-0.2, -0.15) is 0 Å². The number of hydrogen-bond donors (Lipinski definition) is 0. The molecule has 1 aromatic rings. The first-order valence-corrected chi connectivity index (χ1v) is 4.10. The monoisotopic (exact) mass is 150 g/mol. The molecule has 0 N–H and O–H groups in total. The molecule has 0 aromatic carbocycles. The Bertz CT molecular complexity index is 221. The van der Waals surface area contributed by atoms with Gasteiger partial charge in [0.05, 0.1) is 11.4 Å². The summed E-state index contributed by atoms with van der Waals surface area (Å²) >= 11 is 0. The fraction of sp³-hybridized carbons (Fsp3) is 0.556. The minimum Gasteiger partial charge on any atom is -0.261 e. The average molecular weight is 150 g/mol. The van der Waals surface area contributed by atoms with Gasteiger partial charge < -0.3 is 0 Å². The molecule has 0 bridgehead atoms. The van der Waals surface area contributed by atoms with Crippen LogP contribution in [0.25, 0.3) is 0 Å². The van der Waals surface area contributed by atoms with E-state index in [0.717, 1.165) is 17.8 Å². The summed E-state index contributed by atoms with van der Waals surface area (Å²) in [5.41, 5.74) is 2.13. The van der Waals surface area contributed by atoms with Gasteiger partial charge in [0, 0.05) is 12.4 Å². The maximum atomic E-state index is 4.35. The molecule has 1 heterocycles. The van der Waals surface area contributed by atoms with E-state index >= 15 is 0 Å². The molecule has 11 heavy (non-hydrogen) atoms. The Morgan fingerprint density at radius 2 is 2.18 bits per heavy atom. The van der Waals surface area contributed by atoms with Crippen molar-refractivity contribution in [2.24, 2.45) is 0 Å². The zero-order valence-corrected chi connectivity index (χ0v) is 7.17. The summed E-state index contributed by atoms with van der Waals surface area (Å²) < 4.78 is 0. The van der Waals surface area contributed by atoms with Gasteiger partial charge in [0.1, 0.15) is 0 Å². The van der Waals surface area contributed by atoms with Gasteiger partial charge in [0.25, 0.3) is 0 Å². The van der Waals surface area contributed by atoms with Crippen molar-refractivity contribution >= 4 is 0 Å². The lowest BCUT2D eigenvalue weighted by Gasteiger charge is -1.98. The van der Waals surface area contributed by atoms with E-state index in [1.165, 1.54) is 12.8 Å². The lowest BCUT2D eigenvalue weighted by molar-refractivity contribution is 0.768. The largest absolute Gasteiger partial charge is 0.261 e. The standard InChI is InChI=1S/C9H14N2/c1-3-4-5-9-7-10-6-8(2)11-9/h6-7H,3-5H2,1-2H3. The Morgan fingerprint density at radius 1 is 1.36 bits per heavy atom. The third kappa shape index (κ3) is 2.66. The van der Waals surface area contributed by atoms with Crippen molar-refractivity contribution in [3.63, 3.8) is 0 Å². The first-order valence-electron chi connectivity index (χ1n) is 4.10. The van der Waals surface area contributed by atoms with Crippen LogP contribution in [0.1, 0.15) is 31.2 Å². The van der Waals surface area contributed by atoms with Crippen molar-refractivity contribution in [2.75, 3.05) is 0 Å². The summed E-state index contributed by atoms with van der Waals surface area (Å²) in [5.74, 6) is 0. The Hall–Kier alpha value is -0.920. The third-order valence-corrected chi connectivity index (χ3v) is 1.59. The highest BCUT2D eigenvalue weighted by Gasteiger charge is 1.93. The normalized spacial score (nSPS) is 10.0. The Balaban J connectivity index is 2.56. The molecular formula is C9H14N2. The molecule has 1 rings (SSSR count). The molecule has 0 saturated carbocycles. The second kappa shape index (κ2) is 4.06. The van der Waals surface area contributed by atoms with Crippen LogP contribution in [0.5, 0.6) is 0 Å². The van der Waals surface area contributed by atoms with E-state index in [9.17, 15) is 0 Å². The smallest absolute Gasteiger partial charge is 0.0589 e. The van der Waals surface area contributed by atoms with Crippen LogP contribution in [0.3, 0.4) is 0 Å². The van der Waals surface area contributed by atoms with Crippen molar-refractivity contribution in [1.82, 2.24) is 9.97 Å². The number of aromatic nitrogens is 2. The van der Waals surface area contributed by atoms with Gasteiger partial charge in [-0.15, -0.1) is 0 Å². The molecule has 0 aliphatic rings. The predicted octanol–water partition coefficient (Wildman–Crippen LogP) is 2.13. The van der Waals surface area contributed by atoms with E-state index in [1.807, 2.05) is 13.1 Å². The van der Waals surface area contributed by atoms with Crippen molar-refractivity contribution < 1.29 is 0 Å². The minimum atomic E-state index is 1.01. The van der Waals surface area contributed by atoms with Crippen molar-refractivity contribution in [3.05, 3.63) is 23.8 Å². The second-order valence-electron chi connectivity index (χ2n) is 2.76. The van der Waals surface area contributed by atoms with Crippen LogP contribution in [0, 0.1) is 6.92 Å². The number of aryl methyl sites for hydroxylation is 2. The van der Waals surface area contributed by atoms with Crippen LogP contribution in [-0.4, -0.2) is 9.97 Å². The first kappa shape index (κ1) is 8.18. The SMILES string of the molecule is CCCCc1cncc(C)n1. The summed E-state index contributed by atoms with van der Waals surface area (Å²) in [6.45, 7) is 4.16. The summed E-state index contributed by atoms with van der Waals surface area (Å²) in [6, 6.07) is 0. The van der Waals surface area contributed by atoms with Gasteiger partial charge in [-0.1, -0.05) is 13.3 Å². The van der Waals surface area contributed by atoms with Crippen LogP contribution in [0.2, 0.25) is 0 Å². The van der Waals surface area contributed by atoms with E-state index in [4.69, 9.17) is 0 Å². The fourth-order valence-electron chi connectivity index (χ4n) is 0.994. The summed E-state index contributed by atoms with van der Waals surface area (Å²) in [4.78, 5) is 8.42. The molecule has 0 aliphatic heterocycles. The van der Waals surface area contributed by atoms with E-state index in [-0.39, 0.29) is 0 Å². The van der Waals surface area contributed by atoms with Crippen LogP contribution in [0.15, 0.2) is 12.4 Å². The molecule has 0 saturated heterocycles. The zero-order valence-electron chi connectivity index (χ0n) is 7.17. The highest BCUT2D eigenvalue weighted by molar-refractivity contribution is 5.01. The van der Waals surface area contributed by atoms with Gasteiger partial charge in [-0.25, -0.2) is 0 Å². The molecule has 0 amide bonds. The van der Waals surface area contributed by atoms with Crippen LogP contribution < -0.4 is 0 Å². The topological polar surface area (TPSA) is 25.8 Å². The zero-order chi connectivity index (χ0) is 8.10. The van der Waals surface area contributed by atoms with E-state index in [2.05, 4.69) is 16.9 Å². The minimum absolute atomic E-state index is 1.01. The maximum absolute atomic E-state index is 4.35. The van der Waals surface area contributed by atoms with Gasteiger partial charge in [0.2, 0.25) is 0 Å². The molecule has 0 radical (unpaired) electrons. The van der Waals surface area contributed by atoms with Gasteiger partial charge in [-0.05, 0) is 19.8 Å². The molecule has 2 nitrogen and oxygen atoms in total. The molecule has 0 aliphatic carbocycles. The highest BCUT2D eigenvalue weighted by Crippen LogP contribution is 2.00. The predicted molar refractivity (Wildman–Crippen MR) is 45.4 cm³/mol. The van der Waals surface area contributed by atoms with Crippen molar-refractivity contribution in [3.8, 4) is 0 Å². The third-order valence-electron chi connectivity index (χ3n) is 1.59. The molecule has 0 spiro atoms. The highest BCUT2D eigenvalue weighted by atomic mass is 14.8. The van der Waals surface area contributed by atoms with Gasteiger partial charge in [0.15, 0.2) is 0 Å².